The predicted octanol–water partition coefficient (Wildman–Crippen LogP) is 0.434. The molecule has 0 unspecified atom stereocenters. The fraction of sp³-hybridized carbons (Fsp3) is 0.111. The van der Waals surface area contributed by atoms with E-state index in [1.165, 1.54) is 0 Å². The highest BCUT2D eigenvalue weighted by Crippen LogP contribution is 2.13. The van der Waals surface area contributed by atoms with Crippen molar-refractivity contribution < 1.29 is 4.79 Å². The molecule has 1 aromatic rings. The van der Waals surface area contributed by atoms with E-state index in [-0.39, 0.29) is 12.0 Å². The maximum absolute atomic E-state index is 10.8. The van der Waals surface area contributed by atoms with Crippen molar-refractivity contribution in [2.45, 2.75) is 6.42 Å². The summed E-state index contributed by atoms with van der Waals surface area (Å²) < 4.78 is 0. The monoisotopic (exact) mass is 175 g/mol. The second kappa shape index (κ2) is 3.59. The van der Waals surface area contributed by atoms with Gasteiger partial charge in [0.15, 0.2) is 0 Å². The summed E-state index contributed by atoms with van der Waals surface area (Å²) in [5, 5.41) is 8.42. The van der Waals surface area contributed by atoms with E-state index in [2.05, 4.69) is 0 Å². The SMILES string of the molecule is N#CCc1ccc(N)c(C(N)=O)c1. The normalized spacial score (nSPS) is 9.15. The first-order valence-corrected chi connectivity index (χ1v) is 3.70. The van der Waals surface area contributed by atoms with Gasteiger partial charge in [0.2, 0.25) is 0 Å². The van der Waals surface area contributed by atoms with Crippen LogP contribution in [0, 0.1) is 11.3 Å². The van der Waals surface area contributed by atoms with E-state index in [1.54, 1.807) is 18.2 Å². The van der Waals surface area contributed by atoms with Crippen molar-refractivity contribution in [1.82, 2.24) is 0 Å². The number of nitrogens with two attached hydrogens (primary N) is 2. The molecule has 4 heteroatoms. The van der Waals surface area contributed by atoms with Gasteiger partial charge in [-0.25, -0.2) is 0 Å². The molecular formula is C9H9N3O. The molecule has 0 aliphatic heterocycles. The number of hydrogen-bond acceptors (Lipinski definition) is 3. The van der Waals surface area contributed by atoms with Crippen LogP contribution in [0.15, 0.2) is 18.2 Å². The standard InChI is InChI=1S/C9H9N3O/c10-4-3-6-1-2-8(11)7(5-6)9(12)13/h1-2,5H,3,11H2,(H2,12,13). The lowest BCUT2D eigenvalue weighted by atomic mass is 10.1. The van der Waals surface area contributed by atoms with E-state index < -0.39 is 5.91 Å². The van der Waals surface area contributed by atoms with Crippen LogP contribution in [0.2, 0.25) is 0 Å². The fourth-order valence-corrected chi connectivity index (χ4v) is 1.02. The molecule has 0 radical (unpaired) electrons. The number of nitriles is 1. The largest absolute Gasteiger partial charge is 0.398 e. The number of nitrogens with zero attached hydrogens (tertiary/aromatic N) is 1. The first-order chi connectivity index (χ1) is 6.15. The highest BCUT2D eigenvalue weighted by molar-refractivity contribution is 5.98. The molecule has 0 heterocycles. The van der Waals surface area contributed by atoms with Crippen LogP contribution in [-0.4, -0.2) is 5.91 Å². The molecule has 0 aliphatic rings. The Morgan fingerprint density at radius 3 is 2.77 bits per heavy atom. The fourth-order valence-electron chi connectivity index (χ4n) is 1.02. The summed E-state index contributed by atoms with van der Waals surface area (Å²) in [6.07, 6.45) is 0.251. The van der Waals surface area contributed by atoms with Crippen LogP contribution < -0.4 is 11.5 Å². The third kappa shape index (κ3) is 1.97. The van der Waals surface area contributed by atoms with Gasteiger partial charge in [0, 0.05) is 5.69 Å². The Bertz CT molecular complexity index is 379. The molecule has 4 N–H and O–H groups in total. The summed E-state index contributed by atoms with van der Waals surface area (Å²) in [4.78, 5) is 10.8. The summed E-state index contributed by atoms with van der Waals surface area (Å²) in [6, 6.07) is 6.79. The van der Waals surface area contributed by atoms with Gasteiger partial charge in [0.05, 0.1) is 18.1 Å². The van der Waals surface area contributed by atoms with Gasteiger partial charge in [-0.05, 0) is 17.7 Å². The first-order valence-electron chi connectivity index (χ1n) is 3.70. The molecular weight excluding hydrogens is 166 g/mol. The molecule has 1 aromatic carbocycles. The number of amides is 1. The number of rotatable bonds is 2. The minimum atomic E-state index is -0.572. The number of hydrogen-bond donors (Lipinski definition) is 2. The predicted molar refractivity (Wildman–Crippen MR) is 48.7 cm³/mol. The van der Waals surface area contributed by atoms with Crippen LogP contribution in [0.3, 0.4) is 0 Å². The number of carbonyl (C=O) groups is 1. The molecule has 0 aromatic heterocycles. The molecule has 66 valence electrons. The van der Waals surface area contributed by atoms with Crippen LogP contribution >= 0.6 is 0 Å². The second-order valence-corrected chi connectivity index (χ2v) is 2.62. The average molecular weight is 175 g/mol. The van der Waals surface area contributed by atoms with Crippen LogP contribution in [0.4, 0.5) is 5.69 Å². The van der Waals surface area contributed by atoms with Gasteiger partial charge in [-0.15, -0.1) is 0 Å². The highest BCUT2D eigenvalue weighted by Gasteiger charge is 2.05. The minimum Gasteiger partial charge on any atom is -0.398 e. The molecule has 4 nitrogen and oxygen atoms in total. The third-order valence-electron chi connectivity index (χ3n) is 1.67. The Balaban J connectivity index is 3.13. The molecule has 0 saturated carbocycles. The molecule has 0 atom stereocenters. The van der Waals surface area contributed by atoms with Crippen LogP contribution in [0.25, 0.3) is 0 Å². The Hall–Kier alpha value is -2.02. The van der Waals surface area contributed by atoms with Gasteiger partial charge in [-0.2, -0.15) is 5.26 Å². The summed E-state index contributed by atoms with van der Waals surface area (Å²) in [6.45, 7) is 0. The van der Waals surface area contributed by atoms with Crippen molar-refractivity contribution in [3.8, 4) is 6.07 Å². The summed E-state index contributed by atoms with van der Waals surface area (Å²) >= 11 is 0. The minimum absolute atomic E-state index is 0.251. The maximum Gasteiger partial charge on any atom is 0.250 e. The number of carbonyl (C=O) groups excluding carboxylic acids is 1. The van der Waals surface area contributed by atoms with Crippen molar-refractivity contribution in [1.29, 1.82) is 5.26 Å². The summed E-state index contributed by atoms with van der Waals surface area (Å²) in [5.41, 5.74) is 11.9. The maximum atomic E-state index is 10.8. The lowest BCUT2D eigenvalue weighted by Crippen LogP contribution is -2.13. The molecule has 13 heavy (non-hydrogen) atoms. The van der Waals surface area contributed by atoms with Gasteiger partial charge >= 0.3 is 0 Å². The topological polar surface area (TPSA) is 92.9 Å². The Labute approximate surface area is 75.8 Å². The van der Waals surface area contributed by atoms with Gasteiger partial charge in [0.25, 0.3) is 5.91 Å². The van der Waals surface area contributed by atoms with Gasteiger partial charge in [-0.1, -0.05) is 6.07 Å². The molecule has 1 rings (SSSR count). The molecule has 0 spiro atoms. The van der Waals surface area contributed by atoms with E-state index in [0.717, 1.165) is 5.56 Å². The van der Waals surface area contributed by atoms with E-state index in [9.17, 15) is 4.79 Å². The van der Waals surface area contributed by atoms with Gasteiger partial charge < -0.3 is 11.5 Å². The first kappa shape index (κ1) is 9.07. The Morgan fingerprint density at radius 2 is 2.23 bits per heavy atom. The average Bonchev–Trinajstić information content (AvgIpc) is 2.08. The molecule has 0 fully saturated rings. The van der Waals surface area contributed by atoms with E-state index >= 15 is 0 Å². The molecule has 0 bridgehead atoms. The highest BCUT2D eigenvalue weighted by atomic mass is 16.1. The number of nitrogen functional groups attached to an aromatic ring is 1. The quantitative estimate of drug-likeness (QED) is 0.638. The Morgan fingerprint density at radius 1 is 1.54 bits per heavy atom. The zero-order valence-corrected chi connectivity index (χ0v) is 6.95. The summed E-state index contributed by atoms with van der Waals surface area (Å²) in [5.74, 6) is -0.572. The number of benzene rings is 1. The molecule has 0 saturated heterocycles. The summed E-state index contributed by atoms with van der Waals surface area (Å²) in [7, 11) is 0. The van der Waals surface area contributed by atoms with Crippen LogP contribution in [0.5, 0.6) is 0 Å². The number of anilines is 1. The van der Waals surface area contributed by atoms with Crippen molar-refractivity contribution in [3.63, 3.8) is 0 Å². The second-order valence-electron chi connectivity index (χ2n) is 2.62. The van der Waals surface area contributed by atoms with E-state index in [0.29, 0.717) is 5.69 Å². The van der Waals surface area contributed by atoms with Gasteiger partial charge in [0.1, 0.15) is 0 Å². The third-order valence-corrected chi connectivity index (χ3v) is 1.67. The van der Waals surface area contributed by atoms with E-state index in [1.807, 2.05) is 6.07 Å². The smallest absolute Gasteiger partial charge is 0.250 e. The van der Waals surface area contributed by atoms with Crippen LogP contribution in [-0.2, 0) is 6.42 Å². The Kier molecular flexibility index (Phi) is 2.50. The van der Waals surface area contributed by atoms with Crippen molar-refractivity contribution in [2.75, 3.05) is 5.73 Å². The zero-order chi connectivity index (χ0) is 9.84. The lowest BCUT2D eigenvalue weighted by Gasteiger charge is -2.02. The van der Waals surface area contributed by atoms with Crippen LogP contribution in [0.1, 0.15) is 15.9 Å². The molecule has 0 aliphatic carbocycles. The zero-order valence-electron chi connectivity index (χ0n) is 6.95. The van der Waals surface area contributed by atoms with Gasteiger partial charge in [-0.3, -0.25) is 4.79 Å². The lowest BCUT2D eigenvalue weighted by molar-refractivity contribution is 0.100. The van der Waals surface area contributed by atoms with Crippen molar-refractivity contribution in [2.24, 2.45) is 5.73 Å². The number of primary amides is 1. The van der Waals surface area contributed by atoms with E-state index in [4.69, 9.17) is 16.7 Å². The molecule has 1 amide bonds. The van der Waals surface area contributed by atoms with Crippen molar-refractivity contribution in [3.05, 3.63) is 29.3 Å². The van der Waals surface area contributed by atoms with Crippen molar-refractivity contribution >= 4 is 11.6 Å².